The van der Waals surface area contributed by atoms with Gasteiger partial charge in [-0.2, -0.15) is 5.26 Å². The number of benzene rings is 4. The molecule has 0 radical (unpaired) electrons. The molecule has 4 aromatic carbocycles. The van der Waals surface area contributed by atoms with Crippen LogP contribution in [0, 0.1) is 11.3 Å². The molecule has 5 aromatic rings. The van der Waals surface area contributed by atoms with Crippen LogP contribution >= 0.6 is 11.3 Å². The minimum Gasteiger partial charge on any atom is -0.496 e. The number of allylic oxidation sites excluding steroid dienone is 2. The van der Waals surface area contributed by atoms with Gasteiger partial charge < -0.3 is 14.2 Å². The Kier molecular flexibility index (Phi) is 8.07. The number of fused-ring (bicyclic) bond motifs is 2. The van der Waals surface area contributed by atoms with Crippen LogP contribution in [0.15, 0.2) is 99.9 Å². The zero-order chi connectivity index (χ0) is 31.7. The van der Waals surface area contributed by atoms with Gasteiger partial charge in [-0.3, -0.25) is 14.2 Å². The molecule has 0 spiro atoms. The van der Waals surface area contributed by atoms with Gasteiger partial charge in [0.1, 0.15) is 12.4 Å². The molecule has 2 heterocycles. The second kappa shape index (κ2) is 12.3. The van der Waals surface area contributed by atoms with Gasteiger partial charge in [0, 0.05) is 22.4 Å². The highest BCUT2D eigenvalue weighted by molar-refractivity contribution is 7.07. The molecule has 0 N–H and O–H groups in total. The van der Waals surface area contributed by atoms with Crippen LogP contribution < -0.4 is 29.1 Å². The molecule has 0 saturated carbocycles. The average Bonchev–Trinajstić information content (AvgIpc) is 3.36. The van der Waals surface area contributed by atoms with Crippen LogP contribution in [0.4, 0.5) is 0 Å². The van der Waals surface area contributed by atoms with Crippen molar-refractivity contribution in [2.45, 2.75) is 26.5 Å². The van der Waals surface area contributed by atoms with Crippen molar-refractivity contribution >= 4 is 34.0 Å². The summed E-state index contributed by atoms with van der Waals surface area (Å²) in [6.07, 6.45) is 1.78. The molecule has 45 heavy (non-hydrogen) atoms. The summed E-state index contributed by atoms with van der Waals surface area (Å²) < 4.78 is 19.5. The fourth-order valence-corrected chi connectivity index (χ4v) is 6.78. The predicted molar refractivity (Wildman–Crippen MR) is 173 cm³/mol. The van der Waals surface area contributed by atoms with Crippen LogP contribution in [0.5, 0.6) is 17.2 Å². The first-order chi connectivity index (χ1) is 21.8. The lowest BCUT2D eigenvalue weighted by Crippen LogP contribution is -2.39. The largest absolute Gasteiger partial charge is 0.496 e. The van der Waals surface area contributed by atoms with Gasteiger partial charge in [-0.15, -0.1) is 0 Å². The molecule has 8 nitrogen and oxygen atoms in total. The number of Topliss-reactive ketones (excluding diaryl/α,β-unsaturated/α-hetero) is 1. The molecule has 0 bridgehead atoms. The first-order valence-corrected chi connectivity index (χ1v) is 15.0. The van der Waals surface area contributed by atoms with E-state index in [1.807, 2.05) is 60.7 Å². The number of nitrogens with zero attached hydrogens (tertiary/aromatic N) is 3. The maximum atomic E-state index is 14.2. The highest BCUT2D eigenvalue weighted by Crippen LogP contribution is 2.40. The molecule has 0 aliphatic carbocycles. The van der Waals surface area contributed by atoms with E-state index in [0.29, 0.717) is 43.4 Å². The van der Waals surface area contributed by atoms with E-state index in [4.69, 9.17) is 19.2 Å². The van der Waals surface area contributed by atoms with Crippen molar-refractivity contribution in [2.75, 3.05) is 14.2 Å². The number of carbonyl (C=O) groups excluding carboxylic acids is 1. The molecule has 1 atom stereocenters. The average molecular weight is 616 g/mol. The minimum absolute atomic E-state index is 0.164. The van der Waals surface area contributed by atoms with Crippen LogP contribution in [0.25, 0.3) is 16.8 Å². The molecule has 9 heteroatoms. The van der Waals surface area contributed by atoms with Crippen molar-refractivity contribution in [2.24, 2.45) is 4.99 Å². The molecule has 224 valence electrons. The number of thiazole rings is 1. The topological polar surface area (TPSA) is 103 Å². The predicted octanol–water partition coefficient (Wildman–Crippen LogP) is 5.45. The van der Waals surface area contributed by atoms with Crippen LogP contribution in [-0.2, 0) is 11.4 Å². The monoisotopic (exact) mass is 615 g/mol. The van der Waals surface area contributed by atoms with Crippen molar-refractivity contribution in [3.63, 3.8) is 0 Å². The van der Waals surface area contributed by atoms with E-state index in [9.17, 15) is 14.9 Å². The number of ether oxygens (including phenoxy) is 3. The highest BCUT2D eigenvalue weighted by Gasteiger charge is 2.33. The molecule has 1 aliphatic heterocycles. The van der Waals surface area contributed by atoms with E-state index in [1.165, 1.54) is 18.3 Å². The number of hydrogen-bond donors (Lipinski definition) is 0. The first-order valence-electron chi connectivity index (χ1n) is 14.2. The van der Waals surface area contributed by atoms with Gasteiger partial charge in [-0.05, 0) is 60.5 Å². The molecule has 1 aromatic heterocycles. The highest BCUT2D eigenvalue weighted by atomic mass is 32.1. The van der Waals surface area contributed by atoms with E-state index >= 15 is 0 Å². The summed E-state index contributed by atoms with van der Waals surface area (Å²) in [7, 11) is 3.14. The number of carbonyl (C=O) groups is 1. The number of methoxy groups -OCH3 is 2. The summed E-state index contributed by atoms with van der Waals surface area (Å²) in [5, 5.41) is 11.3. The van der Waals surface area contributed by atoms with Crippen LogP contribution in [0.2, 0.25) is 0 Å². The Bertz CT molecular complexity index is 2240. The summed E-state index contributed by atoms with van der Waals surface area (Å²) in [5.41, 5.74) is 3.53. The van der Waals surface area contributed by atoms with Gasteiger partial charge in [0.25, 0.3) is 5.56 Å². The van der Waals surface area contributed by atoms with E-state index in [-0.39, 0.29) is 17.9 Å². The lowest BCUT2D eigenvalue weighted by Gasteiger charge is -2.27. The van der Waals surface area contributed by atoms with Gasteiger partial charge in [0.15, 0.2) is 22.1 Å². The third-order valence-corrected chi connectivity index (χ3v) is 8.81. The quantitative estimate of drug-likeness (QED) is 0.230. The Morgan fingerprint density at radius 3 is 2.49 bits per heavy atom. The molecule has 0 amide bonds. The summed E-state index contributed by atoms with van der Waals surface area (Å²) in [5.74, 6) is 1.41. The summed E-state index contributed by atoms with van der Waals surface area (Å²) >= 11 is 1.26. The molecule has 1 aliphatic rings. The van der Waals surface area contributed by atoms with E-state index in [0.717, 1.165) is 27.5 Å². The van der Waals surface area contributed by atoms with Gasteiger partial charge >= 0.3 is 0 Å². The SMILES string of the molecule is COc1cc(/C=c2\sc3n(c2=O)C(c2c(OC)ccc4ccccc24)C(C(C)=O)=C(C)N=3)ccc1OCc1ccccc1C#N. The Labute approximate surface area is 263 Å². The fourth-order valence-electron chi connectivity index (χ4n) is 5.73. The minimum atomic E-state index is -0.719. The van der Waals surface area contributed by atoms with Crippen molar-refractivity contribution < 1.29 is 19.0 Å². The van der Waals surface area contributed by atoms with Crippen LogP contribution in [0.3, 0.4) is 0 Å². The summed E-state index contributed by atoms with van der Waals surface area (Å²) in [6, 6.07) is 25.8. The number of aromatic nitrogens is 1. The zero-order valence-electron chi connectivity index (χ0n) is 25.2. The maximum Gasteiger partial charge on any atom is 0.271 e. The lowest BCUT2D eigenvalue weighted by molar-refractivity contribution is -0.114. The van der Waals surface area contributed by atoms with Crippen molar-refractivity contribution in [1.29, 1.82) is 5.26 Å². The molecular weight excluding hydrogens is 586 g/mol. The summed E-state index contributed by atoms with van der Waals surface area (Å²) in [6.45, 7) is 3.51. The number of ketones is 1. The van der Waals surface area contributed by atoms with Crippen molar-refractivity contribution in [1.82, 2.24) is 4.57 Å². The maximum absolute atomic E-state index is 14.2. The normalized spacial score (nSPS) is 14.5. The smallest absolute Gasteiger partial charge is 0.271 e. The van der Waals surface area contributed by atoms with Gasteiger partial charge in [0.2, 0.25) is 0 Å². The molecule has 0 fully saturated rings. The van der Waals surface area contributed by atoms with Crippen molar-refractivity contribution in [3.8, 4) is 23.3 Å². The fraction of sp³-hybridized carbons (Fsp3) is 0.167. The zero-order valence-corrected chi connectivity index (χ0v) is 26.0. The molecular formula is C36H29N3O5S. The molecule has 1 unspecified atom stereocenters. The van der Waals surface area contributed by atoms with E-state index in [2.05, 4.69) is 6.07 Å². The van der Waals surface area contributed by atoms with Gasteiger partial charge in [-0.1, -0.05) is 65.9 Å². The Balaban J connectivity index is 1.46. The Morgan fingerprint density at radius 1 is 1.00 bits per heavy atom. The molecule has 0 saturated heterocycles. The van der Waals surface area contributed by atoms with Gasteiger partial charge in [0.05, 0.1) is 36.4 Å². The van der Waals surface area contributed by atoms with E-state index < -0.39 is 6.04 Å². The molecule has 6 rings (SSSR count). The third-order valence-electron chi connectivity index (χ3n) is 7.83. The van der Waals surface area contributed by atoms with Crippen LogP contribution in [-0.4, -0.2) is 24.6 Å². The van der Waals surface area contributed by atoms with E-state index in [1.54, 1.807) is 50.0 Å². The second-order valence-corrected chi connectivity index (χ2v) is 11.5. The Morgan fingerprint density at radius 2 is 1.73 bits per heavy atom. The standard InChI is InChI=1S/C36H29N3O5S/c1-21-32(22(2)40)34(33-27-12-8-7-9-24(27)14-16-29(33)42-3)39-35(41)31(45-36(39)38-21)18-23-13-15-28(30(17-23)43-4)44-20-26-11-6-5-10-25(26)19-37/h5-18,34H,20H2,1-4H3/b31-18-. The van der Waals surface area contributed by atoms with Gasteiger partial charge in [-0.25, -0.2) is 4.99 Å². The second-order valence-electron chi connectivity index (χ2n) is 10.5. The first kappa shape index (κ1) is 29.6. The number of nitriles is 1. The summed E-state index contributed by atoms with van der Waals surface area (Å²) in [4.78, 5) is 32.5. The lowest BCUT2D eigenvalue weighted by atomic mass is 9.89. The third kappa shape index (κ3) is 5.41. The van der Waals surface area contributed by atoms with Crippen molar-refractivity contribution in [3.05, 3.63) is 132 Å². The number of rotatable bonds is 8. The Hall–Kier alpha value is -5.46. The number of hydrogen-bond acceptors (Lipinski definition) is 8. The van der Waals surface area contributed by atoms with Crippen LogP contribution in [0.1, 0.15) is 42.1 Å².